The van der Waals surface area contributed by atoms with Crippen LogP contribution in [-0.4, -0.2) is 35.7 Å². The van der Waals surface area contributed by atoms with E-state index in [0.717, 1.165) is 31.5 Å². The normalized spacial score (nSPS) is 15.0. The van der Waals surface area contributed by atoms with Crippen LogP contribution in [0.15, 0.2) is 36.5 Å². The fourth-order valence-electron chi connectivity index (χ4n) is 3.42. The van der Waals surface area contributed by atoms with Crippen molar-refractivity contribution in [1.29, 1.82) is 0 Å². The average molecular weight is 303 g/mol. The van der Waals surface area contributed by atoms with Crippen LogP contribution < -0.4 is 0 Å². The van der Waals surface area contributed by atoms with Crippen LogP contribution in [0.3, 0.4) is 0 Å². The van der Waals surface area contributed by atoms with Gasteiger partial charge in [-0.15, -0.1) is 0 Å². The summed E-state index contributed by atoms with van der Waals surface area (Å²) in [4.78, 5) is 2.22. The third-order valence-electron chi connectivity index (χ3n) is 4.66. The largest absolute Gasteiger partial charge is 0.309 e. The molecule has 4 rings (SSSR count). The van der Waals surface area contributed by atoms with Gasteiger partial charge >= 0.3 is 0 Å². The minimum atomic E-state index is 0.989. The van der Waals surface area contributed by atoms with Crippen LogP contribution in [0.5, 0.6) is 0 Å². The number of nitrogens with zero attached hydrogens (tertiary/aromatic N) is 3. The molecule has 0 bridgehead atoms. The Kier molecular flexibility index (Phi) is 3.58. The van der Waals surface area contributed by atoms with Gasteiger partial charge in [-0.2, -0.15) is 10.2 Å². The fourth-order valence-corrected chi connectivity index (χ4v) is 3.42. The molecule has 2 aliphatic rings. The maximum Gasteiger partial charge on any atom is 0.0718 e. The Morgan fingerprint density at radius 3 is 2.91 bits per heavy atom. The van der Waals surface area contributed by atoms with E-state index in [0.29, 0.717) is 0 Å². The zero-order chi connectivity index (χ0) is 15.8. The van der Waals surface area contributed by atoms with Gasteiger partial charge in [-0.05, 0) is 55.6 Å². The zero-order valence-electron chi connectivity index (χ0n) is 13.7. The molecule has 0 N–H and O–H groups in total. The van der Waals surface area contributed by atoms with Gasteiger partial charge < -0.3 is 4.90 Å². The molecule has 0 amide bonds. The molecule has 0 aliphatic heterocycles. The lowest BCUT2D eigenvalue weighted by atomic mass is 9.89. The highest BCUT2D eigenvalue weighted by atomic mass is 15.1. The molecule has 0 fully saturated rings. The molecule has 0 unspecified atom stereocenters. The summed E-state index contributed by atoms with van der Waals surface area (Å²) in [5.74, 6) is 0. The van der Waals surface area contributed by atoms with E-state index < -0.39 is 0 Å². The van der Waals surface area contributed by atoms with Crippen LogP contribution in [0.1, 0.15) is 28.8 Å². The Hall–Kier alpha value is -2.26. The molecule has 0 saturated heterocycles. The first-order valence-corrected chi connectivity index (χ1v) is 8.23. The van der Waals surface area contributed by atoms with E-state index >= 15 is 0 Å². The first-order chi connectivity index (χ1) is 11.2. The van der Waals surface area contributed by atoms with Crippen molar-refractivity contribution in [2.75, 3.05) is 20.6 Å². The van der Waals surface area contributed by atoms with Gasteiger partial charge in [0.05, 0.1) is 11.9 Å². The minimum Gasteiger partial charge on any atom is -0.309 e. The van der Waals surface area contributed by atoms with E-state index in [1.165, 1.54) is 33.4 Å². The topological polar surface area (TPSA) is 29.0 Å². The molecule has 1 aromatic heterocycles. The molecular formula is C20H21N3. The van der Waals surface area contributed by atoms with Gasteiger partial charge in [0.25, 0.3) is 0 Å². The lowest BCUT2D eigenvalue weighted by Gasteiger charge is -2.17. The van der Waals surface area contributed by atoms with E-state index in [1.807, 2.05) is 6.20 Å². The second kappa shape index (κ2) is 5.74. The Bertz CT molecular complexity index is 816. The molecule has 3 heteroatoms. The number of hydrogen-bond acceptors (Lipinski definition) is 3. The van der Waals surface area contributed by atoms with Crippen molar-refractivity contribution in [2.24, 2.45) is 0 Å². The van der Waals surface area contributed by atoms with Gasteiger partial charge in [-0.25, -0.2) is 0 Å². The highest BCUT2D eigenvalue weighted by Gasteiger charge is 2.21. The van der Waals surface area contributed by atoms with Crippen molar-refractivity contribution in [3.05, 3.63) is 58.9 Å². The summed E-state index contributed by atoms with van der Waals surface area (Å²) < 4.78 is 0. The van der Waals surface area contributed by atoms with Crippen LogP contribution >= 0.6 is 0 Å². The quantitative estimate of drug-likeness (QED) is 0.867. The van der Waals surface area contributed by atoms with Crippen LogP contribution in [0, 0.1) is 0 Å². The van der Waals surface area contributed by atoms with E-state index in [4.69, 9.17) is 0 Å². The number of hydrogen-bond donors (Lipinski definition) is 0. The van der Waals surface area contributed by atoms with Gasteiger partial charge in [0.15, 0.2) is 0 Å². The maximum absolute atomic E-state index is 4.38. The smallest absolute Gasteiger partial charge is 0.0718 e. The Morgan fingerprint density at radius 1 is 1.13 bits per heavy atom. The second-order valence-corrected chi connectivity index (χ2v) is 6.59. The number of allylic oxidation sites excluding steroid dienone is 3. The molecule has 2 aromatic rings. The van der Waals surface area contributed by atoms with E-state index in [9.17, 15) is 0 Å². The Balaban J connectivity index is 1.85. The summed E-state index contributed by atoms with van der Waals surface area (Å²) in [6.45, 7) is 1.06. The van der Waals surface area contributed by atoms with Crippen molar-refractivity contribution in [3.8, 4) is 11.1 Å². The molecule has 1 heterocycles. The second-order valence-electron chi connectivity index (χ2n) is 6.59. The van der Waals surface area contributed by atoms with Crippen molar-refractivity contribution >= 4 is 11.6 Å². The SMILES string of the molecule is CN(C)CCc1ccc2c(c1)-c1cnnc3c1C(=CCC3)C=C2. The van der Waals surface area contributed by atoms with Crippen molar-refractivity contribution in [2.45, 2.75) is 19.3 Å². The van der Waals surface area contributed by atoms with E-state index in [-0.39, 0.29) is 0 Å². The lowest BCUT2D eigenvalue weighted by molar-refractivity contribution is 0.413. The third-order valence-corrected chi connectivity index (χ3v) is 4.66. The molecule has 0 radical (unpaired) electrons. The molecule has 3 nitrogen and oxygen atoms in total. The van der Waals surface area contributed by atoms with Crippen LogP contribution in [0.4, 0.5) is 0 Å². The minimum absolute atomic E-state index is 0.989. The summed E-state index contributed by atoms with van der Waals surface area (Å²) in [5.41, 5.74) is 8.87. The summed E-state index contributed by atoms with van der Waals surface area (Å²) in [6.07, 6.45) is 11.8. The van der Waals surface area contributed by atoms with Crippen LogP contribution in [0.2, 0.25) is 0 Å². The van der Waals surface area contributed by atoms with Crippen molar-refractivity contribution in [3.63, 3.8) is 0 Å². The monoisotopic (exact) mass is 303 g/mol. The maximum atomic E-state index is 4.38. The summed E-state index contributed by atoms with van der Waals surface area (Å²) in [7, 11) is 4.23. The molecule has 0 spiro atoms. The highest BCUT2D eigenvalue weighted by molar-refractivity contribution is 5.95. The van der Waals surface area contributed by atoms with Gasteiger partial charge in [-0.3, -0.25) is 0 Å². The summed E-state index contributed by atoms with van der Waals surface area (Å²) >= 11 is 0. The predicted octanol–water partition coefficient (Wildman–Crippen LogP) is 3.60. The van der Waals surface area contributed by atoms with Gasteiger partial charge in [0.1, 0.15) is 0 Å². The number of benzene rings is 1. The van der Waals surface area contributed by atoms with E-state index in [2.05, 4.69) is 65.6 Å². The number of rotatable bonds is 3. The van der Waals surface area contributed by atoms with Crippen LogP contribution in [-0.2, 0) is 12.8 Å². The van der Waals surface area contributed by atoms with E-state index in [1.54, 1.807) is 0 Å². The molecule has 0 atom stereocenters. The molecule has 23 heavy (non-hydrogen) atoms. The van der Waals surface area contributed by atoms with Crippen molar-refractivity contribution in [1.82, 2.24) is 15.1 Å². The zero-order valence-corrected chi connectivity index (χ0v) is 13.7. The molecule has 1 aromatic carbocycles. The average Bonchev–Trinajstić information content (AvgIpc) is 2.72. The number of aryl methyl sites for hydroxylation is 1. The van der Waals surface area contributed by atoms with Gasteiger partial charge in [0.2, 0.25) is 0 Å². The highest BCUT2D eigenvalue weighted by Crippen LogP contribution is 2.39. The predicted molar refractivity (Wildman–Crippen MR) is 95.1 cm³/mol. The first-order valence-electron chi connectivity index (χ1n) is 8.23. The number of aromatic nitrogens is 2. The molecule has 2 aliphatic carbocycles. The Morgan fingerprint density at radius 2 is 2.04 bits per heavy atom. The number of likely N-dealkylation sites (N-methyl/N-ethyl adjacent to an activating group) is 1. The van der Waals surface area contributed by atoms with Crippen molar-refractivity contribution < 1.29 is 0 Å². The standard InChI is InChI=1S/C20H21N3/c1-23(2)11-10-14-6-7-15-8-9-16-4-3-5-19-20(16)18(13-21-22-19)17(15)12-14/h4,6-9,12-13H,3,5,10-11H2,1-2H3. The lowest BCUT2D eigenvalue weighted by Crippen LogP contribution is -2.15. The van der Waals surface area contributed by atoms with Gasteiger partial charge in [0, 0.05) is 17.7 Å². The molecular weight excluding hydrogens is 282 g/mol. The molecule has 0 saturated carbocycles. The number of fused-ring (bicyclic) bond motifs is 2. The third kappa shape index (κ3) is 2.62. The van der Waals surface area contributed by atoms with Crippen LogP contribution in [0.25, 0.3) is 22.8 Å². The fraction of sp³-hybridized carbons (Fsp3) is 0.300. The molecule has 116 valence electrons. The van der Waals surface area contributed by atoms with Gasteiger partial charge in [-0.1, -0.05) is 36.4 Å². The first kappa shape index (κ1) is 14.3. The summed E-state index contributed by atoms with van der Waals surface area (Å²) in [6, 6.07) is 6.82. The Labute approximate surface area is 137 Å². The summed E-state index contributed by atoms with van der Waals surface area (Å²) in [5, 5.41) is 8.65.